The van der Waals surface area contributed by atoms with Crippen LogP contribution in [0, 0.1) is 0 Å². The molecule has 1 aliphatic rings. The third-order valence-corrected chi connectivity index (χ3v) is 5.19. The molecule has 0 radical (unpaired) electrons. The first kappa shape index (κ1) is 13.0. The summed E-state index contributed by atoms with van der Waals surface area (Å²) in [6.07, 6.45) is 4.20. The molecule has 0 saturated carbocycles. The van der Waals surface area contributed by atoms with Gasteiger partial charge in [0, 0.05) is 18.3 Å². The normalized spacial score (nSPS) is 19.7. The molecule has 0 amide bonds. The van der Waals surface area contributed by atoms with Gasteiger partial charge >= 0.3 is 0 Å². The summed E-state index contributed by atoms with van der Waals surface area (Å²) >= 11 is 2.14. The Bertz CT molecular complexity index is 532. The molecule has 1 aliphatic heterocycles. The summed E-state index contributed by atoms with van der Waals surface area (Å²) in [5, 5.41) is 7.11. The lowest BCUT2D eigenvalue weighted by Gasteiger charge is -2.21. The number of nitrogens with one attached hydrogen (secondary N) is 1. The van der Waals surface area contributed by atoms with Crippen molar-refractivity contribution in [2.75, 3.05) is 12.3 Å². The average molecular weight is 271 g/mol. The van der Waals surface area contributed by atoms with Gasteiger partial charge in [0.15, 0.2) is 0 Å². The molecule has 1 heterocycles. The van der Waals surface area contributed by atoms with Crippen molar-refractivity contribution >= 4 is 22.5 Å². The Morgan fingerprint density at radius 3 is 2.79 bits per heavy atom. The fourth-order valence-corrected chi connectivity index (χ4v) is 3.97. The molecule has 2 aromatic carbocycles. The molecule has 1 saturated heterocycles. The summed E-state index contributed by atoms with van der Waals surface area (Å²) in [4.78, 5) is 0. The van der Waals surface area contributed by atoms with E-state index < -0.39 is 0 Å². The van der Waals surface area contributed by atoms with Gasteiger partial charge in [-0.25, -0.2) is 0 Å². The van der Waals surface area contributed by atoms with E-state index in [1.54, 1.807) is 0 Å². The Labute approximate surface area is 119 Å². The van der Waals surface area contributed by atoms with Crippen molar-refractivity contribution in [1.82, 2.24) is 5.32 Å². The molecule has 1 N–H and O–H groups in total. The van der Waals surface area contributed by atoms with Crippen LogP contribution in [0.4, 0.5) is 0 Å². The topological polar surface area (TPSA) is 12.0 Å². The molecule has 0 aromatic heterocycles. The monoisotopic (exact) mass is 271 g/mol. The second-order valence-electron chi connectivity index (χ2n) is 5.30. The van der Waals surface area contributed by atoms with E-state index in [2.05, 4.69) is 59.5 Å². The number of hydrogen-bond donors (Lipinski definition) is 1. The third-order valence-electron chi connectivity index (χ3n) is 3.79. The number of thioether (sulfide) groups is 1. The highest BCUT2D eigenvalue weighted by atomic mass is 32.2. The summed E-state index contributed by atoms with van der Waals surface area (Å²) < 4.78 is 0. The van der Waals surface area contributed by atoms with Crippen molar-refractivity contribution in [3.05, 3.63) is 48.0 Å². The van der Waals surface area contributed by atoms with Crippen molar-refractivity contribution in [3.8, 4) is 0 Å². The van der Waals surface area contributed by atoms with Gasteiger partial charge in [0.2, 0.25) is 0 Å². The van der Waals surface area contributed by atoms with E-state index in [4.69, 9.17) is 0 Å². The molecular formula is C17H21NS. The van der Waals surface area contributed by atoms with Crippen LogP contribution in [0.3, 0.4) is 0 Å². The second kappa shape index (κ2) is 6.44. The fraction of sp³-hybridized carbons (Fsp3) is 0.412. The zero-order valence-corrected chi connectivity index (χ0v) is 12.1. The summed E-state index contributed by atoms with van der Waals surface area (Å²) in [5.74, 6) is 1.35. The van der Waals surface area contributed by atoms with E-state index in [-0.39, 0.29) is 0 Å². The van der Waals surface area contributed by atoms with E-state index in [0.717, 1.165) is 18.3 Å². The molecule has 1 atom stereocenters. The van der Waals surface area contributed by atoms with Crippen LogP contribution in [-0.2, 0) is 6.54 Å². The maximum absolute atomic E-state index is 3.62. The number of benzene rings is 2. The Balaban J connectivity index is 1.56. The van der Waals surface area contributed by atoms with Crippen LogP contribution in [0.15, 0.2) is 42.5 Å². The fourth-order valence-electron chi connectivity index (χ4n) is 2.69. The molecule has 19 heavy (non-hydrogen) atoms. The quantitative estimate of drug-likeness (QED) is 0.893. The van der Waals surface area contributed by atoms with Crippen LogP contribution in [-0.4, -0.2) is 17.5 Å². The standard InChI is InChI=1S/C17H21NS/c1-2-6-16-11-14(8-9-15(16)5-1)12-18-13-17-7-3-4-10-19-17/h1-2,5-6,8-9,11,17-18H,3-4,7,10,12-13H2. The van der Waals surface area contributed by atoms with Gasteiger partial charge in [0.05, 0.1) is 0 Å². The van der Waals surface area contributed by atoms with Crippen molar-refractivity contribution in [2.24, 2.45) is 0 Å². The molecule has 3 rings (SSSR count). The van der Waals surface area contributed by atoms with Crippen molar-refractivity contribution < 1.29 is 0 Å². The predicted octanol–water partition coefficient (Wildman–Crippen LogP) is 4.22. The van der Waals surface area contributed by atoms with Crippen molar-refractivity contribution in [1.29, 1.82) is 0 Å². The third kappa shape index (κ3) is 3.52. The van der Waals surface area contributed by atoms with E-state index in [1.165, 1.54) is 41.4 Å². The maximum atomic E-state index is 3.62. The lowest BCUT2D eigenvalue weighted by Crippen LogP contribution is -2.26. The molecule has 1 unspecified atom stereocenters. The van der Waals surface area contributed by atoms with Crippen LogP contribution >= 0.6 is 11.8 Å². The van der Waals surface area contributed by atoms with Gasteiger partial charge in [0.1, 0.15) is 0 Å². The summed E-state index contributed by atoms with van der Waals surface area (Å²) in [6.45, 7) is 2.14. The Kier molecular flexibility index (Phi) is 4.41. The predicted molar refractivity (Wildman–Crippen MR) is 85.8 cm³/mol. The molecule has 0 spiro atoms. The molecule has 1 fully saturated rings. The van der Waals surface area contributed by atoms with Gasteiger partial charge in [-0.1, -0.05) is 42.8 Å². The van der Waals surface area contributed by atoms with Crippen LogP contribution in [0.5, 0.6) is 0 Å². The Hall–Kier alpha value is -0.990. The Morgan fingerprint density at radius 1 is 1.05 bits per heavy atom. The zero-order valence-electron chi connectivity index (χ0n) is 11.3. The van der Waals surface area contributed by atoms with Gasteiger partial charge in [-0.15, -0.1) is 0 Å². The lowest BCUT2D eigenvalue weighted by atomic mass is 10.1. The van der Waals surface area contributed by atoms with Crippen LogP contribution in [0.2, 0.25) is 0 Å². The van der Waals surface area contributed by atoms with E-state index in [0.29, 0.717) is 0 Å². The SMILES string of the molecule is c1ccc2cc(CNCC3CCCCS3)ccc2c1. The van der Waals surface area contributed by atoms with Gasteiger partial charge in [-0.3, -0.25) is 0 Å². The van der Waals surface area contributed by atoms with Crippen LogP contribution in [0.25, 0.3) is 10.8 Å². The average Bonchev–Trinajstić information content (AvgIpc) is 2.48. The minimum Gasteiger partial charge on any atom is -0.312 e. The van der Waals surface area contributed by atoms with E-state index >= 15 is 0 Å². The molecule has 0 bridgehead atoms. The molecule has 2 heteroatoms. The van der Waals surface area contributed by atoms with Gasteiger partial charge in [-0.05, 0) is 41.0 Å². The number of hydrogen-bond acceptors (Lipinski definition) is 2. The first-order valence-corrected chi connectivity index (χ1v) is 8.27. The first-order valence-electron chi connectivity index (χ1n) is 7.22. The summed E-state index contributed by atoms with van der Waals surface area (Å²) in [6, 6.07) is 15.3. The Morgan fingerprint density at radius 2 is 1.95 bits per heavy atom. The summed E-state index contributed by atoms with van der Waals surface area (Å²) in [7, 11) is 0. The lowest BCUT2D eigenvalue weighted by molar-refractivity contribution is 0.598. The van der Waals surface area contributed by atoms with Gasteiger partial charge in [-0.2, -0.15) is 11.8 Å². The zero-order chi connectivity index (χ0) is 12.9. The highest BCUT2D eigenvalue weighted by Gasteiger charge is 2.12. The van der Waals surface area contributed by atoms with Gasteiger partial charge in [0.25, 0.3) is 0 Å². The highest BCUT2D eigenvalue weighted by molar-refractivity contribution is 7.99. The molecule has 100 valence electrons. The largest absolute Gasteiger partial charge is 0.312 e. The smallest absolute Gasteiger partial charge is 0.0206 e. The van der Waals surface area contributed by atoms with Crippen molar-refractivity contribution in [2.45, 2.75) is 31.1 Å². The van der Waals surface area contributed by atoms with Crippen molar-refractivity contribution in [3.63, 3.8) is 0 Å². The maximum Gasteiger partial charge on any atom is 0.0206 e. The first-order chi connectivity index (χ1) is 9.42. The summed E-state index contributed by atoms with van der Waals surface area (Å²) in [5.41, 5.74) is 1.39. The highest BCUT2D eigenvalue weighted by Crippen LogP contribution is 2.24. The van der Waals surface area contributed by atoms with E-state index in [1.807, 2.05) is 0 Å². The molecule has 2 aromatic rings. The second-order valence-corrected chi connectivity index (χ2v) is 6.71. The molecule has 0 aliphatic carbocycles. The minimum atomic E-state index is 0.828. The minimum absolute atomic E-state index is 0.828. The van der Waals surface area contributed by atoms with Gasteiger partial charge < -0.3 is 5.32 Å². The van der Waals surface area contributed by atoms with E-state index in [9.17, 15) is 0 Å². The molecular weight excluding hydrogens is 250 g/mol. The number of fused-ring (bicyclic) bond motifs is 1. The number of rotatable bonds is 4. The molecule has 1 nitrogen and oxygen atoms in total. The van der Waals surface area contributed by atoms with Crippen LogP contribution in [0.1, 0.15) is 24.8 Å². The van der Waals surface area contributed by atoms with Crippen LogP contribution < -0.4 is 5.32 Å².